The van der Waals surface area contributed by atoms with Gasteiger partial charge in [0.05, 0.1) is 6.54 Å². The van der Waals surface area contributed by atoms with Crippen LogP contribution in [0.5, 0.6) is 0 Å². The molecule has 0 aromatic rings. The predicted molar refractivity (Wildman–Crippen MR) is 95.7 cm³/mol. The molecule has 154 valence electrons. The number of carboxylic acid groups (broad SMARTS) is 1. The zero-order valence-corrected chi connectivity index (χ0v) is 16.5. The third-order valence-corrected chi connectivity index (χ3v) is 5.77. The quantitative estimate of drug-likeness (QED) is 0.801. The van der Waals surface area contributed by atoms with Gasteiger partial charge in [0.2, 0.25) is 5.91 Å². The predicted octanol–water partition coefficient (Wildman–Crippen LogP) is 3.40. The van der Waals surface area contributed by atoms with Crippen molar-refractivity contribution in [2.45, 2.75) is 77.3 Å². The highest BCUT2D eigenvalue weighted by Crippen LogP contribution is 2.36. The van der Waals surface area contributed by atoms with E-state index < -0.39 is 42.5 Å². The van der Waals surface area contributed by atoms with Gasteiger partial charge in [-0.2, -0.15) is 0 Å². The van der Waals surface area contributed by atoms with Crippen LogP contribution in [-0.4, -0.2) is 63.3 Å². The molecule has 2 fully saturated rings. The standard InChI is InChI=1S/C19H30F2N2O4/c1-12(13-5-7-14(24)8-6-13)15(23(17(26)27)18(2,3)4)16(25)22-10-9-19(20,21)11-22/h12-13,15H,5-11H2,1-4H3,(H,26,27)/t12-,15+/m1/s1. The topological polar surface area (TPSA) is 77.9 Å². The molecule has 27 heavy (non-hydrogen) atoms. The fourth-order valence-electron chi connectivity index (χ4n) is 4.25. The highest BCUT2D eigenvalue weighted by molar-refractivity contribution is 5.86. The molecule has 8 heteroatoms. The second-order valence-electron chi connectivity index (χ2n) is 8.87. The van der Waals surface area contributed by atoms with E-state index in [0.29, 0.717) is 25.7 Å². The molecule has 1 saturated heterocycles. The summed E-state index contributed by atoms with van der Waals surface area (Å²) in [6.07, 6.45) is 0.376. The van der Waals surface area contributed by atoms with Crippen molar-refractivity contribution in [1.29, 1.82) is 0 Å². The Labute approximate surface area is 158 Å². The van der Waals surface area contributed by atoms with Crippen molar-refractivity contribution in [2.75, 3.05) is 13.1 Å². The first-order valence-electron chi connectivity index (χ1n) is 9.54. The van der Waals surface area contributed by atoms with Gasteiger partial charge in [0.25, 0.3) is 5.92 Å². The molecule has 1 heterocycles. The molecule has 2 rings (SSSR count). The monoisotopic (exact) mass is 388 g/mol. The van der Waals surface area contributed by atoms with Gasteiger partial charge in [-0.15, -0.1) is 0 Å². The molecule has 0 bridgehead atoms. The first kappa shape index (κ1) is 21.6. The van der Waals surface area contributed by atoms with Crippen molar-refractivity contribution in [3.63, 3.8) is 0 Å². The number of hydrogen-bond donors (Lipinski definition) is 1. The zero-order chi connectivity index (χ0) is 20.6. The number of ketones is 1. The van der Waals surface area contributed by atoms with Gasteiger partial charge in [-0.05, 0) is 45.4 Å². The van der Waals surface area contributed by atoms with Crippen molar-refractivity contribution >= 4 is 17.8 Å². The van der Waals surface area contributed by atoms with Crippen LogP contribution in [0.2, 0.25) is 0 Å². The van der Waals surface area contributed by atoms with E-state index in [-0.39, 0.29) is 24.2 Å². The molecule has 1 N–H and O–H groups in total. The van der Waals surface area contributed by atoms with Crippen LogP contribution < -0.4 is 0 Å². The van der Waals surface area contributed by atoms with Gasteiger partial charge in [-0.3, -0.25) is 14.5 Å². The number of likely N-dealkylation sites (tertiary alicyclic amines) is 1. The molecule has 1 aliphatic heterocycles. The number of carbonyl (C=O) groups is 3. The minimum atomic E-state index is -2.93. The molecular formula is C19H30F2N2O4. The first-order valence-corrected chi connectivity index (χ1v) is 9.54. The van der Waals surface area contributed by atoms with Crippen LogP contribution in [0.4, 0.5) is 13.6 Å². The lowest BCUT2D eigenvalue weighted by molar-refractivity contribution is -0.142. The van der Waals surface area contributed by atoms with Crippen molar-refractivity contribution in [2.24, 2.45) is 11.8 Å². The molecule has 0 unspecified atom stereocenters. The van der Waals surface area contributed by atoms with Crippen LogP contribution in [0.15, 0.2) is 0 Å². The van der Waals surface area contributed by atoms with Gasteiger partial charge in [0, 0.05) is 31.3 Å². The van der Waals surface area contributed by atoms with Crippen LogP contribution >= 0.6 is 0 Å². The Balaban J connectivity index is 2.34. The van der Waals surface area contributed by atoms with Crippen LogP contribution in [0.1, 0.15) is 59.8 Å². The molecular weight excluding hydrogens is 358 g/mol. The maximum Gasteiger partial charge on any atom is 0.408 e. The Morgan fingerprint density at radius 2 is 1.81 bits per heavy atom. The van der Waals surface area contributed by atoms with Crippen LogP contribution in [0, 0.1) is 11.8 Å². The first-order chi connectivity index (χ1) is 12.3. The summed E-state index contributed by atoms with van der Waals surface area (Å²) >= 11 is 0. The van der Waals surface area contributed by atoms with E-state index in [1.54, 1.807) is 27.7 Å². The van der Waals surface area contributed by atoms with E-state index in [4.69, 9.17) is 0 Å². The second-order valence-corrected chi connectivity index (χ2v) is 8.87. The molecule has 0 aromatic carbocycles. The van der Waals surface area contributed by atoms with E-state index in [1.807, 2.05) is 0 Å². The minimum Gasteiger partial charge on any atom is -0.465 e. The van der Waals surface area contributed by atoms with E-state index >= 15 is 0 Å². The van der Waals surface area contributed by atoms with Gasteiger partial charge in [-0.1, -0.05) is 6.92 Å². The molecule has 0 radical (unpaired) electrons. The Morgan fingerprint density at radius 3 is 2.22 bits per heavy atom. The number of Topliss-reactive ketones (excluding diaryl/α,β-unsaturated/α-hetero) is 1. The summed E-state index contributed by atoms with van der Waals surface area (Å²) < 4.78 is 27.3. The average Bonchev–Trinajstić information content (AvgIpc) is 2.90. The molecule has 1 aliphatic carbocycles. The number of rotatable bonds is 4. The third kappa shape index (κ3) is 4.96. The van der Waals surface area contributed by atoms with E-state index in [2.05, 4.69) is 0 Å². The third-order valence-electron chi connectivity index (χ3n) is 5.77. The lowest BCUT2D eigenvalue weighted by Crippen LogP contribution is -2.60. The summed E-state index contributed by atoms with van der Waals surface area (Å²) in [5.41, 5.74) is -0.868. The van der Waals surface area contributed by atoms with Gasteiger partial charge in [0.1, 0.15) is 11.8 Å². The minimum absolute atomic E-state index is 0.00367. The smallest absolute Gasteiger partial charge is 0.408 e. The highest BCUT2D eigenvalue weighted by Gasteiger charge is 2.48. The number of amides is 2. The van der Waals surface area contributed by atoms with E-state index in [1.165, 1.54) is 0 Å². The second kappa shape index (κ2) is 7.72. The summed E-state index contributed by atoms with van der Waals surface area (Å²) in [6, 6.07) is -1.05. The zero-order valence-electron chi connectivity index (χ0n) is 16.5. The van der Waals surface area contributed by atoms with E-state index in [9.17, 15) is 28.3 Å². The van der Waals surface area contributed by atoms with Crippen LogP contribution in [0.25, 0.3) is 0 Å². The van der Waals surface area contributed by atoms with Crippen molar-refractivity contribution in [3.05, 3.63) is 0 Å². The van der Waals surface area contributed by atoms with Crippen LogP contribution in [-0.2, 0) is 9.59 Å². The number of halogens is 2. The Bertz CT molecular complexity index is 593. The summed E-state index contributed by atoms with van der Waals surface area (Å²) in [4.78, 5) is 39.0. The SMILES string of the molecule is C[C@H](C1CCC(=O)CC1)[C@@H](C(=O)N1CCC(F)(F)C1)N(C(=O)O)C(C)(C)C. The lowest BCUT2D eigenvalue weighted by atomic mass is 9.76. The summed E-state index contributed by atoms with van der Waals surface area (Å²) in [5.74, 6) is -3.68. The number of alkyl halides is 2. The summed E-state index contributed by atoms with van der Waals surface area (Å²) in [7, 11) is 0. The maximum absolute atomic E-state index is 13.6. The highest BCUT2D eigenvalue weighted by atomic mass is 19.3. The Hall–Kier alpha value is -1.73. The maximum atomic E-state index is 13.6. The molecule has 6 nitrogen and oxygen atoms in total. The van der Waals surface area contributed by atoms with Gasteiger partial charge in [0.15, 0.2) is 0 Å². The lowest BCUT2D eigenvalue weighted by Gasteiger charge is -2.45. The normalized spacial score (nSPS) is 23.2. The number of hydrogen-bond acceptors (Lipinski definition) is 3. The van der Waals surface area contributed by atoms with Gasteiger partial charge in [-0.25, -0.2) is 13.6 Å². The van der Waals surface area contributed by atoms with Crippen molar-refractivity contribution < 1.29 is 28.3 Å². The Morgan fingerprint density at radius 1 is 1.26 bits per heavy atom. The molecule has 2 amide bonds. The Kier molecular flexibility index (Phi) is 6.16. The molecule has 1 saturated carbocycles. The summed E-state index contributed by atoms with van der Waals surface area (Å²) in [5, 5.41) is 9.82. The average molecular weight is 388 g/mol. The largest absolute Gasteiger partial charge is 0.465 e. The van der Waals surface area contributed by atoms with Gasteiger partial charge >= 0.3 is 6.09 Å². The fourth-order valence-corrected chi connectivity index (χ4v) is 4.25. The van der Waals surface area contributed by atoms with Gasteiger partial charge < -0.3 is 10.0 Å². The van der Waals surface area contributed by atoms with Crippen molar-refractivity contribution in [3.8, 4) is 0 Å². The summed E-state index contributed by atoms with van der Waals surface area (Å²) in [6.45, 7) is 6.13. The van der Waals surface area contributed by atoms with Crippen molar-refractivity contribution in [1.82, 2.24) is 9.80 Å². The fraction of sp³-hybridized carbons (Fsp3) is 0.842. The molecule has 2 atom stereocenters. The van der Waals surface area contributed by atoms with E-state index in [0.717, 1.165) is 9.80 Å². The van der Waals surface area contributed by atoms with Crippen LogP contribution in [0.3, 0.4) is 0 Å². The number of carbonyl (C=O) groups excluding carboxylic acids is 2. The number of nitrogens with zero attached hydrogens (tertiary/aromatic N) is 2. The molecule has 0 aromatic heterocycles. The molecule has 2 aliphatic rings. The molecule has 0 spiro atoms.